The van der Waals surface area contributed by atoms with E-state index in [1.54, 1.807) is 6.33 Å². The van der Waals surface area contributed by atoms with Crippen LogP contribution >= 0.6 is 11.6 Å². The molecule has 0 spiro atoms. The maximum atomic E-state index is 9.09. The molecule has 1 aromatic carbocycles. The van der Waals surface area contributed by atoms with Crippen LogP contribution < -0.4 is 9.80 Å². The van der Waals surface area contributed by atoms with Crippen LogP contribution in [0.5, 0.6) is 0 Å². The number of benzene rings is 1. The van der Waals surface area contributed by atoms with Gasteiger partial charge in [0.25, 0.3) is 0 Å². The van der Waals surface area contributed by atoms with Gasteiger partial charge >= 0.3 is 0 Å². The van der Waals surface area contributed by atoms with Crippen LogP contribution in [0.25, 0.3) is 10.8 Å². The van der Waals surface area contributed by atoms with E-state index in [2.05, 4.69) is 30.8 Å². The first-order chi connectivity index (χ1) is 14.7. The first-order valence-corrected chi connectivity index (χ1v) is 10.8. The Morgan fingerprint density at radius 1 is 1.17 bits per heavy atom. The van der Waals surface area contributed by atoms with Crippen LogP contribution in [-0.4, -0.2) is 34.6 Å². The van der Waals surface area contributed by atoms with E-state index in [9.17, 15) is 0 Å². The molecule has 0 amide bonds. The number of nitrogens with zero attached hydrogens (tertiary/aromatic N) is 6. The van der Waals surface area contributed by atoms with Crippen molar-refractivity contribution in [2.24, 2.45) is 5.92 Å². The van der Waals surface area contributed by atoms with Gasteiger partial charge in [0.2, 0.25) is 0 Å². The minimum Gasteiger partial charge on any atom is -0.363 e. The molecule has 152 valence electrons. The molecule has 30 heavy (non-hydrogen) atoms. The first kappa shape index (κ1) is 19.1. The SMILES string of the molecule is N#CC[C@@H]1CCCN(c2ncnc3c2CCN(c2cncc4cccc(Cl)c24)C3)C1. The Morgan fingerprint density at radius 3 is 3.00 bits per heavy atom. The Morgan fingerprint density at radius 2 is 2.10 bits per heavy atom. The number of nitriles is 1. The van der Waals surface area contributed by atoms with Crippen molar-refractivity contribution in [2.45, 2.75) is 32.2 Å². The fourth-order valence-corrected chi connectivity index (χ4v) is 5.06. The third-order valence-corrected chi connectivity index (χ3v) is 6.55. The summed E-state index contributed by atoms with van der Waals surface area (Å²) in [5.74, 6) is 1.48. The zero-order valence-electron chi connectivity index (χ0n) is 16.8. The van der Waals surface area contributed by atoms with Crippen LogP contribution in [0.15, 0.2) is 36.9 Å². The van der Waals surface area contributed by atoms with Crippen LogP contribution in [0.4, 0.5) is 11.5 Å². The Balaban J connectivity index is 1.45. The van der Waals surface area contributed by atoms with Gasteiger partial charge in [0.15, 0.2) is 0 Å². The molecule has 2 aliphatic heterocycles. The molecule has 5 rings (SSSR count). The second kappa shape index (κ2) is 8.08. The molecule has 6 nitrogen and oxygen atoms in total. The Kier molecular flexibility index (Phi) is 5.14. The molecule has 0 unspecified atom stereocenters. The fourth-order valence-electron chi connectivity index (χ4n) is 4.78. The first-order valence-electron chi connectivity index (χ1n) is 10.5. The summed E-state index contributed by atoms with van der Waals surface area (Å²) in [6.45, 7) is 3.49. The van der Waals surface area contributed by atoms with E-state index >= 15 is 0 Å². The summed E-state index contributed by atoms with van der Waals surface area (Å²) in [6, 6.07) is 8.27. The Labute approximate surface area is 181 Å². The van der Waals surface area contributed by atoms with Gasteiger partial charge in [0.1, 0.15) is 12.1 Å². The molecule has 0 radical (unpaired) electrons. The molecule has 0 saturated carbocycles. The van der Waals surface area contributed by atoms with E-state index in [4.69, 9.17) is 16.9 Å². The Hall–Kier alpha value is -2.91. The molecule has 0 bridgehead atoms. The number of piperidine rings is 1. The molecule has 3 aromatic rings. The number of anilines is 2. The molecule has 0 N–H and O–H groups in total. The van der Waals surface area contributed by atoms with Gasteiger partial charge < -0.3 is 9.80 Å². The number of halogens is 1. The van der Waals surface area contributed by atoms with E-state index < -0.39 is 0 Å². The number of fused-ring (bicyclic) bond motifs is 2. The lowest BCUT2D eigenvalue weighted by Crippen LogP contribution is -2.38. The average Bonchev–Trinajstić information content (AvgIpc) is 2.78. The Bertz CT molecular complexity index is 1120. The molecule has 0 aliphatic carbocycles. The summed E-state index contributed by atoms with van der Waals surface area (Å²) >= 11 is 6.54. The van der Waals surface area contributed by atoms with Gasteiger partial charge in [0.05, 0.1) is 35.2 Å². The summed E-state index contributed by atoms with van der Waals surface area (Å²) in [4.78, 5) is 18.4. The van der Waals surface area contributed by atoms with Crippen molar-refractivity contribution in [1.29, 1.82) is 5.26 Å². The molecule has 4 heterocycles. The highest BCUT2D eigenvalue weighted by Crippen LogP contribution is 2.36. The van der Waals surface area contributed by atoms with Crippen molar-refractivity contribution in [1.82, 2.24) is 15.0 Å². The maximum Gasteiger partial charge on any atom is 0.135 e. The van der Waals surface area contributed by atoms with E-state index in [-0.39, 0.29) is 0 Å². The molecule has 1 atom stereocenters. The van der Waals surface area contributed by atoms with E-state index in [0.29, 0.717) is 18.9 Å². The lowest BCUT2D eigenvalue weighted by molar-refractivity contribution is 0.419. The van der Waals surface area contributed by atoms with Gasteiger partial charge in [-0.05, 0) is 31.2 Å². The minimum atomic E-state index is 0.429. The van der Waals surface area contributed by atoms with Crippen LogP contribution in [0.1, 0.15) is 30.5 Å². The topological polar surface area (TPSA) is 68.9 Å². The van der Waals surface area contributed by atoms with Crippen molar-refractivity contribution < 1.29 is 0 Å². The average molecular weight is 419 g/mol. The zero-order valence-corrected chi connectivity index (χ0v) is 17.5. The van der Waals surface area contributed by atoms with Gasteiger partial charge in [-0.1, -0.05) is 23.7 Å². The number of hydrogen-bond acceptors (Lipinski definition) is 6. The van der Waals surface area contributed by atoms with Crippen molar-refractivity contribution in [3.63, 3.8) is 0 Å². The normalized spacial score (nSPS) is 18.9. The largest absolute Gasteiger partial charge is 0.363 e. The fraction of sp³-hybridized carbons (Fsp3) is 0.391. The second-order valence-corrected chi connectivity index (χ2v) is 8.51. The summed E-state index contributed by atoms with van der Waals surface area (Å²) in [5.41, 5.74) is 3.36. The highest BCUT2D eigenvalue weighted by molar-refractivity contribution is 6.36. The van der Waals surface area contributed by atoms with E-state index in [1.165, 1.54) is 5.56 Å². The predicted molar refractivity (Wildman–Crippen MR) is 119 cm³/mol. The van der Waals surface area contributed by atoms with Crippen molar-refractivity contribution in [3.05, 3.63) is 53.2 Å². The number of pyridine rings is 1. The number of hydrogen-bond donors (Lipinski definition) is 0. The van der Waals surface area contributed by atoms with Crippen LogP contribution in [0.3, 0.4) is 0 Å². The lowest BCUT2D eigenvalue weighted by atomic mass is 9.94. The lowest BCUT2D eigenvalue weighted by Gasteiger charge is -2.36. The van der Waals surface area contributed by atoms with Crippen LogP contribution in [0, 0.1) is 17.2 Å². The summed E-state index contributed by atoms with van der Waals surface area (Å²) in [7, 11) is 0. The third-order valence-electron chi connectivity index (χ3n) is 6.24. The van der Waals surface area contributed by atoms with Crippen molar-refractivity contribution in [2.75, 3.05) is 29.4 Å². The van der Waals surface area contributed by atoms with Gasteiger partial charge in [-0.25, -0.2) is 9.97 Å². The van der Waals surface area contributed by atoms with Gasteiger partial charge in [-0.3, -0.25) is 4.98 Å². The third kappa shape index (κ3) is 3.44. The molecular weight excluding hydrogens is 396 g/mol. The summed E-state index contributed by atoms with van der Waals surface area (Å²) < 4.78 is 0. The molecule has 1 saturated heterocycles. The minimum absolute atomic E-state index is 0.429. The molecule has 7 heteroatoms. The maximum absolute atomic E-state index is 9.09. The smallest absolute Gasteiger partial charge is 0.135 e. The van der Waals surface area contributed by atoms with Gasteiger partial charge in [-0.15, -0.1) is 0 Å². The number of aromatic nitrogens is 3. The van der Waals surface area contributed by atoms with Crippen molar-refractivity contribution in [3.8, 4) is 6.07 Å². The molecule has 1 fully saturated rings. The molecular formula is C23H23ClN6. The molecule has 2 aromatic heterocycles. The zero-order chi connectivity index (χ0) is 20.5. The highest BCUT2D eigenvalue weighted by atomic mass is 35.5. The van der Waals surface area contributed by atoms with E-state index in [1.807, 2.05) is 30.6 Å². The predicted octanol–water partition coefficient (Wildman–Crippen LogP) is 4.37. The van der Waals surface area contributed by atoms with Gasteiger partial charge in [-0.2, -0.15) is 5.26 Å². The van der Waals surface area contributed by atoms with E-state index in [0.717, 1.165) is 71.9 Å². The molecule has 2 aliphatic rings. The summed E-state index contributed by atoms with van der Waals surface area (Å²) in [5, 5.41) is 11.9. The van der Waals surface area contributed by atoms with Crippen LogP contribution in [-0.2, 0) is 13.0 Å². The van der Waals surface area contributed by atoms with Gasteiger partial charge in [0, 0.05) is 48.6 Å². The highest BCUT2D eigenvalue weighted by Gasteiger charge is 2.27. The quantitative estimate of drug-likeness (QED) is 0.629. The monoisotopic (exact) mass is 418 g/mol. The standard InChI is InChI=1S/C23H23ClN6/c24-19-5-1-4-17-11-26-12-21(22(17)19)29-10-7-18-20(14-29)27-15-28-23(18)30-9-2-3-16(13-30)6-8-25/h1,4-5,11-12,15-16H,2-3,6-7,9-10,13-14H2/t16-/m0/s1. The van der Waals surface area contributed by atoms with Crippen LogP contribution in [0.2, 0.25) is 5.02 Å². The second-order valence-electron chi connectivity index (χ2n) is 8.11. The van der Waals surface area contributed by atoms with Crippen molar-refractivity contribution >= 4 is 33.9 Å². The summed E-state index contributed by atoms with van der Waals surface area (Å²) in [6.07, 6.45) is 9.17. The number of rotatable bonds is 3.